The number of fused-ring (bicyclic) bond motifs is 2. The van der Waals surface area contributed by atoms with E-state index in [2.05, 4.69) is 0 Å². The molecule has 0 bridgehead atoms. The number of hydrogen-bond donors (Lipinski definition) is 1. The van der Waals surface area contributed by atoms with Crippen molar-refractivity contribution in [3.05, 3.63) is 52.5 Å². The quantitative estimate of drug-likeness (QED) is 0.895. The van der Waals surface area contributed by atoms with Gasteiger partial charge in [-0.3, -0.25) is 9.59 Å². The van der Waals surface area contributed by atoms with Gasteiger partial charge in [-0.05, 0) is 29.3 Å². The van der Waals surface area contributed by atoms with Crippen molar-refractivity contribution in [1.29, 1.82) is 0 Å². The average molecular weight is 374 g/mol. The molecule has 134 valence electrons. The van der Waals surface area contributed by atoms with E-state index in [1.54, 1.807) is 36.4 Å². The number of carbonyl (C=O) groups is 2. The fourth-order valence-corrected chi connectivity index (χ4v) is 3.68. The Morgan fingerprint density at radius 2 is 1.96 bits per heavy atom. The molecular formula is C19H16ClNO5. The molecule has 1 atom stereocenters. The average Bonchev–Trinajstić information content (AvgIpc) is 3.02. The highest BCUT2D eigenvalue weighted by Gasteiger charge is 2.36. The van der Waals surface area contributed by atoms with Gasteiger partial charge in [0.05, 0.1) is 11.4 Å². The SMILES string of the molecule is O=C(O)C1CN(C(=O)Cc2cc(Cl)c3c(c2)OCCO3)c2ccccc21. The zero-order valence-corrected chi connectivity index (χ0v) is 14.5. The van der Waals surface area contributed by atoms with Crippen LogP contribution in [0.2, 0.25) is 5.02 Å². The molecule has 1 amide bonds. The number of hydrogen-bond acceptors (Lipinski definition) is 4. The van der Waals surface area contributed by atoms with Crippen LogP contribution in [0.5, 0.6) is 11.5 Å². The normalized spacial score (nSPS) is 17.7. The number of amides is 1. The minimum atomic E-state index is -0.935. The Balaban J connectivity index is 1.60. The largest absolute Gasteiger partial charge is 0.486 e. The third-order valence-electron chi connectivity index (χ3n) is 4.58. The molecule has 0 saturated heterocycles. The van der Waals surface area contributed by atoms with E-state index in [0.717, 1.165) is 0 Å². The second kappa shape index (κ2) is 6.53. The molecule has 2 heterocycles. The topological polar surface area (TPSA) is 76.1 Å². The molecule has 2 aromatic rings. The summed E-state index contributed by atoms with van der Waals surface area (Å²) in [5.41, 5.74) is 2.00. The number of nitrogens with zero attached hydrogens (tertiary/aromatic N) is 1. The summed E-state index contributed by atoms with van der Waals surface area (Å²) >= 11 is 6.23. The molecule has 0 aromatic heterocycles. The van der Waals surface area contributed by atoms with Crippen LogP contribution in [0, 0.1) is 0 Å². The molecule has 4 rings (SSSR count). The number of carbonyl (C=O) groups excluding carboxylic acids is 1. The number of aliphatic carboxylic acids is 1. The van der Waals surface area contributed by atoms with Gasteiger partial charge in [0.1, 0.15) is 19.1 Å². The predicted molar refractivity (Wildman–Crippen MR) is 95.3 cm³/mol. The van der Waals surface area contributed by atoms with Crippen molar-refractivity contribution in [2.75, 3.05) is 24.7 Å². The monoisotopic (exact) mass is 373 g/mol. The number of para-hydroxylation sites is 1. The van der Waals surface area contributed by atoms with Gasteiger partial charge in [-0.1, -0.05) is 29.8 Å². The van der Waals surface area contributed by atoms with Crippen molar-refractivity contribution in [2.45, 2.75) is 12.3 Å². The summed E-state index contributed by atoms with van der Waals surface area (Å²) in [5, 5.41) is 9.83. The van der Waals surface area contributed by atoms with Gasteiger partial charge in [0, 0.05) is 12.2 Å². The third kappa shape index (κ3) is 2.86. The van der Waals surface area contributed by atoms with Gasteiger partial charge in [0.25, 0.3) is 0 Å². The van der Waals surface area contributed by atoms with Crippen LogP contribution in [-0.4, -0.2) is 36.7 Å². The van der Waals surface area contributed by atoms with Crippen molar-refractivity contribution in [2.24, 2.45) is 0 Å². The number of anilines is 1. The first-order valence-corrected chi connectivity index (χ1v) is 8.62. The van der Waals surface area contributed by atoms with Crippen LogP contribution in [0.25, 0.3) is 0 Å². The third-order valence-corrected chi connectivity index (χ3v) is 4.86. The summed E-state index contributed by atoms with van der Waals surface area (Å²) < 4.78 is 11.0. The standard InChI is InChI=1S/C19H16ClNO5/c20-14-7-11(8-16-18(14)26-6-5-25-16)9-17(22)21-10-13(19(23)24)12-3-1-2-4-15(12)21/h1-4,7-8,13H,5-6,9-10H2,(H,23,24). The number of halogens is 1. The number of carboxylic acid groups (broad SMARTS) is 1. The zero-order valence-electron chi connectivity index (χ0n) is 13.8. The highest BCUT2D eigenvalue weighted by molar-refractivity contribution is 6.32. The summed E-state index contributed by atoms with van der Waals surface area (Å²) in [4.78, 5) is 25.9. The number of ether oxygens (including phenoxy) is 2. The fraction of sp³-hybridized carbons (Fsp3) is 0.263. The van der Waals surface area contributed by atoms with Crippen molar-refractivity contribution in [3.8, 4) is 11.5 Å². The molecule has 6 nitrogen and oxygen atoms in total. The molecule has 0 saturated carbocycles. The molecule has 1 N–H and O–H groups in total. The molecule has 2 aliphatic rings. The van der Waals surface area contributed by atoms with Crippen LogP contribution in [0.3, 0.4) is 0 Å². The highest BCUT2D eigenvalue weighted by Crippen LogP contribution is 2.40. The van der Waals surface area contributed by atoms with Crippen LogP contribution < -0.4 is 14.4 Å². The van der Waals surface area contributed by atoms with E-state index in [4.69, 9.17) is 21.1 Å². The van der Waals surface area contributed by atoms with Gasteiger partial charge in [0.2, 0.25) is 5.91 Å². The van der Waals surface area contributed by atoms with Crippen molar-refractivity contribution < 1.29 is 24.2 Å². The van der Waals surface area contributed by atoms with E-state index in [0.29, 0.717) is 46.5 Å². The first-order chi connectivity index (χ1) is 12.5. The Morgan fingerprint density at radius 3 is 2.77 bits per heavy atom. The van der Waals surface area contributed by atoms with Gasteiger partial charge in [0.15, 0.2) is 11.5 Å². The molecule has 0 fully saturated rings. The van der Waals surface area contributed by atoms with Crippen molar-refractivity contribution >= 4 is 29.2 Å². The Kier molecular flexibility index (Phi) is 4.20. The van der Waals surface area contributed by atoms with Crippen LogP contribution in [0.4, 0.5) is 5.69 Å². The lowest BCUT2D eigenvalue weighted by Crippen LogP contribution is -2.32. The minimum absolute atomic E-state index is 0.0943. The Morgan fingerprint density at radius 1 is 1.19 bits per heavy atom. The highest BCUT2D eigenvalue weighted by atomic mass is 35.5. The second-order valence-electron chi connectivity index (χ2n) is 6.23. The van der Waals surface area contributed by atoms with Crippen LogP contribution >= 0.6 is 11.6 Å². The molecule has 0 aliphatic carbocycles. The van der Waals surface area contributed by atoms with Gasteiger partial charge in [-0.15, -0.1) is 0 Å². The Labute approximate surface area is 154 Å². The molecule has 2 aliphatic heterocycles. The van der Waals surface area contributed by atoms with Gasteiger partial charge >= 0.3 is 5.97 Å². The number of carboxylic acids is 1. The van der Waals surface area contributed by atoms with E-state index >= 15 is 0 Å². The fourth-order valence-electron chi connectivity index (χ4n) is 3.39. The van der Waals surface area contributed by atoms with Crippen LogP contribution in [0.1, 0.15) is 17.0 Å². The minimum Gasteiger partial charge on any atom is -0.486 e. The van der Waals surface area contributed by atoms with Crippen LogP contribution in [0.15, 0.2) is 36.4 Å². The first kappa shape index (κ1) is 16.7. The smallest absolute Gasteiger partial charge is 0.312 e. The molecular weight excluding hydrogens is 358 g/mol. The van der Waals surface area contributed by atoms with E-state index in [1.165, 1.54) is 4.90 Å². The Hall–Kier alpha value is -2.73. The van der Waals surface area contributed by atoms with E-state index in [9.17, 15) is 14.7 Å². The first-order valence-electron chi connectivity index (χ1n) is 8.24. The molecule has 0 radical (unpaired) electrons. The molecule has 7 heteroatoms. The summed E-state index contributed by atoms with van der Waals surface area (Å²) in [6.45, 7) is 0.998. The lowest BCUT2D eigenvalue weighted by atomic mass is 10.0. The summed E-state index contributed by atoms with van der Waals surface area (Å²) in [5.74, 6) is -0.813. The maximum atomic E-state index is 12.8. The second-order valence-corrected chi connectivity index (χ2v) is 6.64. The van der Waals surface area contributed by atoms with E-state index in [1.807, 2.05) is 0 Å². The summed E-state index contributed by atoms with van der Waals surface area (Å²) in [6.07, 6.45) is 0.0943. The number of rotatable bonds is 3. The zero-order chi connectivity index (χ0) is 18.3. The summed E-state index contributed by atoms with van der Waals surface area (Å²) in [7, 11) is 0. The van der Waals surface area contributed by atoms with Gasteiger partial charge in [-0.25, -0.2) is 0 Å². The maximum absolute atomic E-state index is 12.8. The van der Waals surface area contributed by atoms with Gasteiger partial charge < -0.3 is 19.5 Å². The molecule has 0 spiro atoms. The van der Waals surface area contributed by atoms with Crippen LogP contribution in [-0.2, 0) is 16.0 Å². The maximum Gasteiger partial charge on any atom is 0.312 e. The predicted octanol–water partition coefficient (Wildman–Crippen LogP) is 2.87. The van der Waals surface area contributed by atoms with E-state index < -0.39 is 11.9 Å². The Bertz CT molecular complexity index is 897. The lowest BCUT2D eigenvalue weighted by molar-refractivity contribution is -0.138. The van der Waals surface area contributed by atoms with Crippen molar-refractivity contribution in [3.63, 3.8) is 0 Å². The molecule has 26 heavy (non-hydrogen) atoms. The molecule has 1 unspecified atom stereocenters. The van der Waals surface area contributed by atoms with E-state index in [-0.39, 0.29) is 18.9 Å². The lowest BCUT2D eigenvalue weighted by Gasteiger charge is -2.21. The number of benzene rings is 2. The molecule has 2 aromatic carbocycles. The summed E-state index contributed by atoms with van der Waals surface area (Å²) in [6, 6.07) is 10.5. The van der Waals surface area contributed by atoms with Gasteiger partial charge in [-0.2, -0.15) is 0 Å². The van der Waals surface area contributed by atoms with Crippen molar-refractivity contribution in [1.82, 2.24) is 0 Å².